The van der Waals surface area contributed by atoms with Crippen LogP contribution in [0, 0.1) is 6.92 Å². The molecule has 0 aliphatic carbocycles. The first-order valence-electron chi connectivity index (χ1n) is 8.86. The highest BCUT2D eigenvalue weighted by molar-refractivity contribution is 7.21. The number of methoxy groups -OCH3 is 1. The second-order valence-corrected chi connectivity index (χ2v) is 7.51. The number of thiazole rings is 1. The molecule has 0 bridgehead atoms. The van der Waals surface area contributed by atoms with Gasteiger partial charge in [0.05, 0.1) is 17.3 Å². The number of aromatic nitrogens is 2. The van der Waals surface area contributed by atoms with Crippen LogP contribution >= 0.6 is 11.3 Å². The molecule has 4 rings (SSSR count). The highest BCUT2D eigenvalue weighted by atomic mass is 32.1. The van der Waals surface area contributed by atoms with Gasteiger partial charge in [0, 0.05) is 30.1 Å². The van der Waals surface area contributed by atoms with E-state index in [0.717, 1.165) is 37.7 Å². The molecule has 0 atom stereocenters. The number of pyridine rings is 1. The molecule has 5 nitrogen and oxygen atoms in total. The minimum Gasteiger partial charge on any atom is -0.497 e. The predicted molar refractivity (Wildman–Crippen MR) is 112 cm³/mol. The fourth-order valence-electron chi connectivity index (χ4n) is 2.89. The number of aryl methyl sites for hydroxylation is 1. The maximum atomic E-state index is 12.5. The average molecular weight is 389 g/mol. The van der Waals surface area contributed by atoms with E-state index in [2.05, 4.69) is 21.4 Å². The van der Waals surface area contributed by atoms with Gasteiger partial charge < -0.3 is 10.1 Å². The van der Waals surface area contributed by atoms with E-state index < -0.39 is 0 Å². The molecule has 0 radical (unpaired) electrons. The van der Waals surface area contributed by atoms with Crippen LogP contribution in [0.25, 0.3) is 20.8 Å². The maximum absolute atomic E-state index is 12.5. The Kier molecular flexibility index (Phi) is 5.04. The summed E-state index contributed by atoms with van der Waals surface area (Å²) in [5, 5.41) is 3.86. The van der Waals surface area contributed by atoms with Crippen molar-refractivity contribution in [1.29, 1.82) is 0 Å². The van der Waals surface area contributed by atoms with Crippen LogP contribution in [-0.4, -0.2) is 23.0 Å². The van der Waals surface area contributed by atoms with Crippen molar-refractivity contribution in [3.05, 3.63) is 77.6 Å². The molecule has 28 heavy (non-hydrogen) atoms. The molecule has 6 heteroatoms. The van der Waals surface area contributed by atoms with E-state index in [9.17, 15) is 4.79 Å². The number of benzene rings is 2. The number of carbonyl (C=O) groups excluding carboxylic acids is 1. The van der Waals surface area contributed by atoms with Crippen molar-refractivity contribution < 1.29 is 9.53 Å². The van der Waals surface area contributed by atoms with Gasteiger partial charge in [0.1, 0.15) is 10.8 Å². The molecule has 2 aromatic carbocycles. The number of rotatable bonds is 5. The number of hydrogen-bond donors (Lipinski definition) is 1. The van der Waals surface area contributed by atoms with E-state index in [0.29, 0.717) is 12.1 Å². The maximum Gasteiger partial charge on any atom is 0.251 e. The molecule has 0 saturated heterocycles. The molecule has 0 spiro atoms. The van der Waals surface area contributed by atoms with E-state index >= 15 is 0 Å². The number of carbonyl (C=O) groups is 1. The Morgan fingerprint density at radius 3 is 2.68 bits per heavy atom. The Labute approximate surface area is 167 Å². The van der Waals surface area contributed by atoms with Gasteiger partial charge in [0.2, 0.25) is 0 Å². The van der Waals surface area contributed by atoms with Crippen LogP contribution in [0.5, 0.6) is 5.75 Å². The second-order valence-electron chi connectivity index (χ2n) is 6.48. The lowest BCUT2D eigenvalue weighted by Crippen LogP contribution is -2.22. The minimum absolute atomic E-state index is 0.107. The third kappa shape index (κ3) is 3.87. The molecule has 1 N–H and O–H groups in total. The van der Waals surface area contributed by atoms with Crippen molar-refractivity contribution in [2.24, 2.45) is 0 Å². The monoisotopic (exact) mass is 389 g/mol. The van der Waals surface area contributed by atoms with Crippen LogP contribution in [0.3, 0.4) is 0 Å². The Bertz CT molecular complexity index is 1140. The first kappa shape index (κ1) is 18.1. The summed E-state index contributed by atoms with van der Waals surface area (Å²) in [5.41, 5.74) is 4.61. The number of fused-ring (bicyclic) bond motifs is 1. The lowest BCUT2D eigenvalue weighted by Gasteiger charge is -2.06. The normalized spacial score (nSPS) is 10.8. The SMILES string of the molecule is COc1ccc(CNC(=O)c2ccc3nc(-c4cncc(C)c4)sc3c2)cc1. The van der Waals surface area contributed by atoms with Gasteiger partial charge >= 0.3 is 0 Å². The quantitative estimate of drug-likeness (QED) is 0.542. The smallest absolute Gasteiger partial charge is 0.251 e. The van der Waals surface area contributed by atoms with Gasteiger partial charge in [-0.1, -0.05) is 12.1 Å². The summed E-state index contributed by atoms with van der Waals surface area (Å²) in [5.74, 6) is 0.690. The first-order chi connectivity index (χ1) is 13.6. The number of amides is 1. The molecule has 4 aromatic rings. The molecule has 2 aromatic heterocycles. The second kappa shape index (κ2) is 7.78. The zero-order chi connectivity index (χ0) is 19.5. The predicted octanol–water partition coefficient (Wildman–Crippen LogP) is 4.61. The van der Waals surface area contributed by atoms with Crippen LogP contribution in [-0.2, 0) is 6.54 Å². The number of nitrogens with zero attached hydrogens (tertiary/aromatic N) is 2. The standard InChI is InChI=1S/C22H19N3O2S/c1-14-9-17(13-23-11-14)22-25-19-8-5-16(10-20(19)28-22)21(26)24-12-15-3-6-18(27-2)7-4-15/h3-11,13H,12H2,1-2H3,(H,24,26). The van der Waals surface area contributed by atoms with Gasteiger partial charge in [-0.05, 0) is 54.4 Å². The topological polar surface area (TPSA) is 64.1 Å². The molecule has 0 unspecified atom stereocenters. The molecule has 1 amide bonds. The summed E-state index contributed by atoms with van der Waals surface area (Å²) in [7, 11) is 1.63. The zero-order valence-corrected chi connectivity index (χ0v) is 16.4. The van der Waals surface area contributed by atoms with Crippen molar-refractivity contribution in [3.8, 4) is 16.3 Å². The van der Waals surface area contributed by atoms with Crippen molar-refractivity contribution in [2.45, 2.75) is 13.5 Å². The third-order valence-corrected chi connectivity index (χ3v) is 5.45. The molecule has 0 aliphatic heterocycles. The van der Waals surface area contributed by atoms with Crippen LogP contribution in [0.4, 0.5) is 0 Å². The molecule has 0 fully saturated rings. The van der Waals surface area contributed by atoms with Crippen LogP contribution in [0.1, 0.15) is 21.5 Å². The number of nitrogens with one attached hydrogen (secondary N) is 1. The van der Waals surface area contributed by atoms with E-state index in [1.807, 2.05) is 61.8 Å². The van der Waals surface area contributed by atoms with Gasteiger partial charge in [0.25, 0.3) is 5.91 Å². The largest absolute Gasteiger partial charge is 0.497 e. The lowest BCUT2D eigenvalue weighted by molar-refractivity contribution is 0.0951. The highest BCUT2D eigenvalue weighted by Gasteiger charge is 2.11. The van der Waals surface area contributed by atoms with Crippen molar-refractivity contribution >= 4 is 27.5 Å². The van der Waals surface area contributed by atoms with Crippen LogP contribution in [0.15, 0.2) is 60.9 Å². The number of ether oxygens (including phenoxy) is 1. The van der Waals surface area contributed by atoms with Gasteiger partial charge in [-0.2, -0.15) is 0 Å². The zero-order valence-electron chi connectivity index (χ0n) is 15.6. The highest BCUT2D eigenvalue weighted by Crippen LogP contribution is 2.30. The van der Waals surface area contributed by atoms with Gasteiger partial charge in [-0.3, -0.25) is 9.78 Å². The minimum atomic E-state index is -0.107. The van der Waals surface area contributed by atoms with Crippen LogP contribution in [0.2, 0.25) is 0 Å². The van der Waals surface area contributed by atoms with Gasteiger partial charge in [-0.15, -0.1) is 11.3 Å². The fourth-order valence-corrected chi connectivity index (χ4v) is 3.87. The van der Waals surface area contributed by atoms with Gasteiger partial charge in [0.15, 0.2) is 0 Å². The fraction of sp³-hybridized carbons (Fsp3) is 0.136. The first-order valence-corrected chi connectivity index (χ1v) is 9.68. The molecule has 2 heterocycles. The summed E-state index contributed by atoms with van der Waals surface area (Å²) < 4.78 is 6.13. The van der Waals surface area contributed by atoms with E-state index in [4.69, 9.17) is 4.74 Å². The van der Waals surface area contributed by atoms with Crippen molar-refractivity contribution in [1.82, 2.24) is 15.3 Å². The Hall–Kier alpha value is -3.25. The molecular weight excluding hydrogens is 370 g/mol. The Balaban J connectivity index is 1.51. The van der Waals surface area contributed by atoms with Crippen molar-refractivity contribution in [3.63, 3.8) is 0 Å². The summed E-state index contributed by atoms with van der Waals surface area (Å²) in [6.07, 6.45) is 3.63. The molecule has 0 aliphatic rings. The summed E-state index contributed by atoms with van der Waals surface area (Å²) in [6.45, 7) is 2.47. The van der Waals surface area contributed by atoms with E-state index in [1.54, 1.807) is 18.4 Å². The molecule has 140 valence electrons. The third-order valence-electron chi connectivity index (χ3n) is 4.38. The number of hydrogen-bond acceptors (Lipinski definition) is 5. The molecule has 0 saturated carbocycles. The van der Waals surface area contributed by atoms with E-state index in [-0.39, 0.29) is 5.91 Å². The average Bonchev–Trinajstić information content (AvgIpc) is 3.16. The van der Waals surface area contributed by atoms with Gasteiger partial charge in [-0.25, -0.2) is 4.98 Å². The van der Waals surface area contributed by atoms with E-state index in [1.165, 1.54) is 0 Å². The van der Waals surface area contributed by atoms with Crippen molar-refractivity contribution in [2.75, 3.05) is 7.11 Å². The summed E-state index contributed by atoms with van der Waals surface area (Å²) in [6, 6.07) is 15.3. The summed E-state index contributed by atoms with van der Waals surface area (Å²) >= 11 is 1.56. The lowest BCUT2D eigenvalue weighted by atomic mass is 10.2. The Morgan fingerprint density at radius 2 is 1.93 bits per heavy atom. The molecular formula is C22H19N3O2S. The Morgan fingerprint density at radius 1 is 1.11 bits per heavy atom. The van der Waals surface area contributed by atoms with Crippen LogP contribution < -0.4 is 10.1 Å². The summed E-state index contributed by atoms with van der Waals surface area (Å²) in [4.78, 5) is 21.4.